The summed E-state index contributed by atoms with van der Waals surface area (Å²) < 4.78 is 25.0. The van der Waals surface area contributed by atoms with Gasteiger partial charge in [-0.1, -0.05) is 29.8 Å². The van der Waals surface area contributed by atoms with Gasteiger partial charge in [0, 0.05) is 15.7 Å². The van der Waals surface area contributed by atoms with E-state index in [1.807, 2.05) is 0 Å². The van der Waals surface area contributed by atoms with Crippen molar-refractivity contribution in [1.82, 2.24) is 0 Å². The molecule has 166 valence electrons. The van der Waals surface area contributed by atoms with Crippen LogP contribution in [0.5, 0.6) is 5.75 Å². The molecule has 0 atom stereocenters. The van der Waals surface area contributed by atoms with E-state index in [0.29, 0.717) is 15.6 Å². The lowest BCUT2D eigenvalue weighted by Crippen LogP contribution is -2.17. The number of rotatable bonds is 8. The van der Waals surface area contributed by atoms with Gasteiger partial charge in [0.1, 0.15) is 11.3 Å². The van der Waals surface area contributed by atoms with Crippen LogP contribution in [0, 0.1) is 0 Å². The predicted molar refractivity (Wildman–Crippen MR) is 124 cm³/mol. The summed E-state index contributed by atoms with van der Waals surface area (Å²) in [6.45, 7) is 0. The monoisotopic (exact) mass is 491 g/mol. The first-order valence-electron chi connectivity index (χ1n) is 9.26. The second kappa shape index (κ2) is 10.1. The predicted octanol–water partition coefficient (Wildman–Crippen LogP) is 4.56. The number of carboxylic acid groups (broad SMARTS) is 1. The molecule has 0 aliphatic heterocycles. The number of hydrogen-bond donors (Lipinski definition) is 3. The van der Waals surface area contributed by atoms with Crippen molar-refractivity contribution in [3.8, 4) is 5.75 Å². The molecule has 0 saturated heterocycles. The van der Waals surface area contributed by atoms with Crippen LogP contribution in [0.4, 0.5) is 5.69 Å². The Balaban J connectivity index is 1.73. The molecule has 3 aromatic rings. The van der Waals surface area contributed by atoms with E-state index in [-0.39, 0.29) is 22.0 Å². The van der Waals surface area contributed by atoms with Crippen molar-refractivity contribution >= 4 is 50.8 Å². The van der Waals surface area contributed by atoms with Crippen LogP contribution >= 0.6 is 23.4 Å². The van der Waals surface area contributed by atoms with Gasteiger partial charge in [0.05, 0.1) is 21.9 Å². The molecular weight excluding hydrogens is 474 g/mol. The van der Waals surface area contributed by atoms with Gasteiger partial charge in [-0.05, 0) is 48.5 Å². The van der Waals surface area contributed by atoms with E-state index in [9.17, 15) is 28.2 Å². The molecule has 0 saturated carbocycles. The zero-order chi connectivity index (χ0) is 23.3. The van der Waals surface area contributed by atoms with Crippen molar-refractivity contribution in [2.45, 2.75) is 9.79 Å². The average Bonchev–Trinajstić information content (AvgIpc) is 2.74. The third-order valence-corrected chi connectivity index (χ3v) is 7.74. The molecule has 0 aromatic heterocycles. The molecule has 0 aliphatic rings. The second-order valence-corrected chi connectivity index (χ2v) is 10.3. The molecule has 32 heavy (non-hydrogen) atoms. The first kappa shape index (κ1) is 23.6. The number of para-hydroxylation sites is 1. The van der Waals surface area contributed by atoms with Gasteiger partial charge in [0.25, 0.3) is 5.91 Å². The van der Waals surface area contributed by atoms with E-state index in [1.54, 1.807) is 24.3 Å². The summed E-state index contributed by atoms with van der Waals surface area (Å²) in [6, 6.07) is 16.5. The molecule has 0 unspecified atom stereocenters. The number of phenols is 1. The number of aromatic carboxylic acids is 1. The third-order valence-electron chi connectivity index (χ3n) is 4.42. The molecule has 3 aromatic carbocycles. The molecule has 0 fully saturated rings. The van der Waals surface area contributed by atoms with Gasteiger partial charge in [-0.25, -0.2) is 13.2 Å². The highest BCUT2D eigenvalue weighted by Crippen LogP contribution is 2.29. The topological polar surface area (TPSA) is 121 Å². The Morgan fingerprint density at radius 2 is 1.66 bits per heavy atom. The fourth-order valence-electron chi connectivity index (χ4n) is 2.86. The SMILES string of the molecule is O=C(Nc1ccccc1SCCS(=O)(=O)c1ccc(Cl)cc1)c1cccc(O)c1C(=O)O. The number of nitrogens with one attached hydrogen (secondary N) is 1. The van der Waals surface area contributed by atoms with Gasteiger partial charge in [-0.2, -0.15) is 0 Å². The van der Waals surface area contributed by atoms with Gasteiger partial charge < -0.3 is 15.5 Å². The summed E-state index contributed by atoms with van der Waals surface area (Å²) in [6.07, 6.45) is 0. The number of sulfone groups is 1. The number of carbonyl (C=O) groups excluding carboxylic acids is 1. The Kier molecular flexibility index (Phi) is 7.44. The summed E-state index contributed by atoms with van der Waals surface area (Å²) >= 11 is 7.04. The molecule has 10 heteroatoms. The number of carboxylic acids is 1. The van der Waals surface area contributed by atoms with E-state index in [4.69, 9.17) is 11.6 Å². The lowest BCUT2D eigenvalue weighted by molar-refractivity contribution is 0.0689. The summed E-state index contributed by atoms with van der Waals surface area (Å²) in [5, 5.41) is 22.2. The number of halogens is 1. The van der Waals surface area contributed by atoms with Gasteiger partial charge in [-0.3, -0.25) is 4.79 Å². The zero-order valence-electron chi connectivity index (χ0n) is 16.5. The van der Waals surface area contributed by atoms with Crippen molar-refractivity contribution in [1.29, 1.82) is 0 Å². The molecule has 3 rings (SSSR count). The van der Waals surface area contributed by atoms with Crippen LogP contribution in [-0.4, -0.2) is 42.0 Å². The van der Waals surface area contributed by atoms with Crippen molar-refractivity contribution in [2.24, 2.45) is 0 Å². The van der Waals surface area contributed by atoms with Crippen LogP contribution in [0.15, 0.2) is 76.5 Å². The molecule has 3 N–H and O–H groups in total. The molecule has 7 nitrogen and oxygen atoms in total. The van der Waals surface area contributed by atoms with Crippen LogP contribution in [0.2, 0.25) is 5.02 Å². The number of benzene rings is 3. The first-order chi connectivity index (χ1) is 15.2. The molecule has 1 amide bonds. The number of anilines is 1. The smallest absolute Gasteiger partial charge is 0.340 e. The number of thioether (sulfide) groups is 1. The Morgan fingerprint density at radius 3 is 2.34 bits per heavy atom. The molecule has 0 heterocycles. The quantitative estimate of drug-likeness (QED) is 0.395. The maximum absolute atomic E-state index is 12.7. The molecule has 0 bridgehead atoms. The highest BCUT2D eigenvalue weighted by molar-refractivity contribution is 8.00. The number of carbonyl (C=O) groups is 2. The van der Waals surface area contributed by atoms with Crippen molar-refractivity contribution in [3.63, 3.8) is 0 Å². The van der Waals surface area contributed by atoms with E-state index in [0.717, 1.165) is 0 Å². The Morgan fingerprint density at radius 1 is 0.969 bits per heavy atom. The maximum Gasteiger partial charge on any atom is 0.340 e. The Labute approximate surface area is 194 Å². The highest BCUT2D eigenvalue weighted by atomic mass is 35.5. The molecule has 0 spiro atoms. The number of aromatic hydroxyl groups is 1. The fraction of sp³-hybridized carbons (Fsp3) is 0.0909. The first-order valence-corrected chi connectivity index (χ1v) is 12.3. The Hall–Kier alpha value is -3.01. The minimum absolute atomic E-state index is 0.128. The fourth-order valence-corrected chi connectivity index (χ4v) is 5.65. The molecule has 0 aliphatic carbocycles. The molecule has 0 radical (unpaired) electrons. The number of amides is 1. The Bertz CT molecular complexity index is 1260. The highest BCUT2D eigenvalue weighted by Gasteiger charge is 2.21. The third kappa shape index (κ3) is 5.61. The lowest BCUT2D eigenvalue weighted by atomic mass is 10.1. The summed E-state index contributed by atoms with van der Waals surface area (Å²) in [5.74, 6) is -2.55. The molecular formula is C22H18ClNO6S2. The number of hydrogen-bond acceptors (Lipinski definition) is 6. The van der Waals surface area contributed by atoms with E-state index in [2.05, 4.69) is 5.32 Å². The van der Waals surface area contributed by atoms with Crippen LogP contribution in [0.1, 0.15) is 20.7 Å². The standard InChI is InChI=1S/C22H18ClNO6S2/c23-14-8-10-15(11-9-14)32(29,30)13-12-31-19-7-2-1-5-17(19)24-21(26)16-4-3-6-18(25)20(16)22(27)28/h1-11,25H,12-13H2,(H,24,26)(H,27,28). The van der Waals surface area contributed by atoms with Crippen LogP contribution < -0.4 is 5.32 Å². The van der Waals surface area contributed by atoms with Crippen molar-refractivity contribution in [2.75, 3.05) is 16.8 Å². The summed E-state index contributed by atoms with van der Waals surface area (Å²) in [7, 11) is -3.51. The lowest BCUT2D eigenvalue weighted by Gasteiger charge is -2.12. The van der Waals surface area contributed by atoms with Gasteiger partial charge in [0.2, 0.25) is 0 Å². The van der Waals surface area contributed by atoms with Crippen molar-refractivity contribution in [3.05, 3.63) is 82.9 Å². The summed E-state index contributed by atoms with van der Waals surface area (Å²) in [5.41, 5.74) is -0.294. The maximum atomic E-state index is 12.7. The van der Waals surface area contributed by atoms with E-state index < -0.39 is 33.0 Å². The van der Waals surface area contributed by atoms with Gasteiger partial charge in [0.15, 0.2) is 9.84 Å². The van der Waals surface area contributed by atoms with Crippen LogP contribution in [0.3, 0.4) is 0 Å². The second-order valence-electron chi connectivity index (χ2n) is 6.58. The zero-order valence-corrected chi connectivity index (χ0v) is 18.9. The van der Waals surface area contributed by atoms with E-state index in [1.165, 1.54) is 54.2 Å². The minimum Gasteiger partial charge on any atom is -0.507 e. The minimum atomic E-state index is -3.51. The van der Waals surface area contributed by atoms with Crippen molar-refractivity contribution < 1.29 is 28.2 Å². The van der Waals surface area contributed by atoms with Gasteiger partial charge in [-0.15, -0.1) is 11.8 Å². The largest absolute Gasteiger partial charge is 0.507 e. The van der Waals surface area contributed by atoms with Gasteiger partial charge >= 0.3 is 5.97 Å². The van der Waals surface area contributed by atoms with Crippen LogP contribution in [-0.2, 0) is 9.84 Å². The van der Waals surface area contributed by atoms with Crippen LogP contribution in [0.25, 0.3) is 0 Å². The van der Waals surface area contributed by atoms with E-state index >= 15 is 0 Å². The summed E-state index contributed by atoms with van der Waals surface area (Å²) in [4.78, 5) is 24.9. The normalized spacial score (nSPS) is 11.2. The average molecular weight is 492 g/mol.